The normalized spacial score (nSPS) is 12.5. The number of carbonyl (C=O) groups excluding carboxylic acids is 1. The van der Waals surface area contributed by atoms with Crippen LogP contribution in [-0.2, 0) is 11.8 Å². The number of amides is 1. The number of aryl methyl sites for hydroxylation is 1. The highest BCUT2D eigenvalue weighted by molar-refractivity contribution is 7.99. The van der Waals surface area contributed by atoms with Crippen molar-refractivity contribution in [3.63, 3.8) is 0 Å². The molecule has 0 radical (unpaired) electrons. The van der Waals surface area contributed by atoms with Crippen LogP contribution in [0.3, 0.4) is 0 Å². The molecule has 1 N–H and O–H groups in total. The van der Waals surface area contributed by atoms with Gasteiger partial charge in [0.15, 0.2) is 16.7 Å². The summed E-state index contributed by atoms with van der Waals surface area (Å²) in [4.78, 5) is 16.7. The van der Waals surface area contributed by atoms with E-state index in [1.165, 1.54) is 11.8 Å². The van der Waals surface area contributed by atoms with Crippen LogP contribution in [0.4, 0.5) is 5.69 Å². The number of thioether (sulfide) groups is 1. The molecule has 0 atom stereocenters. The lowest BCUT2D eigenvalue weighted by molar-refractivity contribution is -0.113. The predicted octanol–water partition coefficient (Wildman–Crippen LogP) is 3.03. The lowest BCUT2D eigenvalue weighted by Gasteiger charge is -2.06. The Hall–Kier alpha value is -2.67. The lowest BCUT2D eigenvalue weighted by Crippen LogP contribution is -2.14. The van der Waals surface area contributed by atoms with Crippen molar-refractivity contribution in [1.82, 2.24) is 9.55 Å². The van der Waals surface area contributed by atoms with E-state index in [1.54, 1.807) is 18.2 Å². The number of nitrogens with one attached hydrogen (secondary N) is 1. The molecule has 2 heterocycles. The zero-order valence-corrected chi connectivity index (χ0v) is 13.8. The molecule has 0 bridgehead atoms. The first-order valence-electron chi connectivity index (χ1n) is 7.44. The van der Waals surface area contributed by atoms with Crippen molar-refractivity contribution in [2.75, 3.05) is 17.9 Å². The zero-order chi connectivity index (χ0) is 16.5. The molecule has 2 aromatic carbocycles. The Morgan fingerprint density at radius 3 is 2.96 bits per heavy atom. The minimum Gasteiger partial charge on any atom is -0.454 e. The summed E-state index contributed by atoms with van der Waals surface area (Å²) in [7, 11) is 1.95. The van der Waals surface area contributed by atoms with Gasteiger partial charge < -0.3 is 19.4 Å². The van der Waals surface area contributed by atoms with Crippen molar-refractivity contribution >= 4 is 34.4 Å². The molecule has 1 aromatic heterocycles. The molecule has 6 nitrogen and oxygen atoms in total. The van der Waals surface area contributed by atoms with E-state index in [9.17, 15) is 4.79 Å². The van der Waals surface area contributed by atoms with E-state index in [-0.39, 0.29) is 18.5 Å². The number of hydrogen-bond acceptors (Lipinski definition) is 5. The second kappa shape index (κ2) is 6.09. The first-order valence-corrected chi connectivity index (χ1v) is 8.43. The zero-order valence-electron chi connectivity index (χ0n) is 13.0. The summed E-state index contributed by atoms with van der Waals surface area (Å²) in [6, 6.07) is 13.3. The maximum atomic E-state index is 12.2. The van der Waals surface area contributed by atoms with Crippen molar-refractivity contribution in [3.8, 4) is 11.5 Å². The van der Waals surface area contributed by atoms with E-state index < -0.39 is 0 Å². The van der Waals surface area contributed by atoms with E-state index in [0.717, 1.165) is 16.2 Å². The van der Waals surface area contributed by atoms with Gasteiger partial charge >= 0.3 is 0 Å². The van der Waals surface area contributed by atoms with Gasteiger partial charge in [0.2, 0.25) is 12.7 Å². The molecule has 3 aromatic rings. The van der Waals surface area contributed by atoms with Gasteiger partial charge in [-0.3, -0.25) is 4.79 Å². The van der Waals surface area contributed by atoms with E-state index in [2.05, 4.69) is 10.3 Å². The average molecular weight is 341 g/mol. The second-order valence-electron chi connectivity index (χ2n) is 5.35. The van der Waals surface area contributed by atoms with Crippen LogP contribution in [0.1, 0.15) is 0 Å². The van der Waals surface area contributed by atoms with Crippen molar-refractivity contribution in [3.05, 3.63) is 42.5 Å². The molecule has 1 aliphatic heterocycles. The summed E-state index contributed by atoms with van der Waals surface area (Å²) in [5, 5.41) is 3.68. The SMILES string of the molecule is Cn1c(SCC(=O)Nc2ccc3c(c2)OCO3)nc2ccccc21. The fourth-order valence-electron chi connectivity index (χ4n) is 2.55. The van der Waals surface area contributed by atoms with Gasteiger partial charge in [0.05, 0.1) is 16.8 Å². The van der Waals surface area contributed by atoms with Gasteiger partial charge in [-0.1, -0.05) is 23.9 Å². The molecule has 0 saturated heterocycles. The fourth-order valence-corrected chi connectivity index (χ4v) is 3.34. The first kappa shape index (κ1) is 14.9. The Labute approximate surface area is 142 Å². The molecule has 0 unspecified atom stereocenters. The van der Waals surface area contributed by atoms with Crippen molar-refractivity contribution in [2.45, 2.75) is 5.16 Å². The van der Waals surface area contributed by atoms with Crippen molar-refractivity contribution < 1.29 is 14.3 Å². The topological polar surface area (TPSA) is 65.4 Å². The summed E-state index contributed by atoms with van der Waals surface area (Å²) < 4.78 is 12.6. The summed E-state index contributed by atoms with van der Waals surface area (Å²) in [5.74, 6) is 1.54. The molecule has 4 rings (SSSR count). The van der Waals surface area contributed by atoms with Gasteiger partial charge in [-0.2, -0.15) is 0 Å². The largest absolute Gasteiger partial charge is 0.454 e. The van der Waals surface area contributed by atoms with Crippen LogP contribution < -0.4 is 14.8 Å². The van der Waals surface area contributed by atoms with Crippen LogP contribution >= 0.6 is 11.8 Å². The van der Waals surface area contributed by atoms with Gasteiger partial charge in [0.25, 0.3) is 0 Å². The summed E-state index contributed by atoms with van der Waals surface area (Å²) in [6.45, 7) is 0.218. The van der Waals surface area contributed by atoms with Crippen molar-refractivity contribution in [1.29, 1.82) is 0 Å². The standard InChI is InChI=1S/C17H15N3O3S/c1-20-13-5-3-2-4-12(13)19-17(20)24-9-16(21)18-11-6-7-14-15(8-11)23-10-22-14/h2-8H,9-10H2,1H3,(H,18,21). The van der Waals surface area contributed by atoms with Crippen LogP contribution in [0, 0.1) is 0 Å². The van der Waals surface area contributed by atoms with Crippen LogP contribution in [0.15, 0.2) is 47.6 Å². The van der Waals surface area contributed by atoms with Crippen LogP contribution in [0.25, 0.3) is 11.0 Å². The molecule has 0 aliphatic carbocycles. The fraction of sp³-hybridized carbons (Fsp3) is 0.176. The van der Waals surface area contributed by atoms with E-state index >= 15 is 0 Å². The number of hydrogen-bond donors (Lipinski definition) is 1. The molecule has 24 heavy (non-hydrogen) atoms. The highest BCUT2D eigenvalue weighted by Gasteiger charge is 2.15. The molecule has 0 fully saturated rings. The molecule has 1 amide bonds. The maximum absolute atomic E-state index is 12.2. The number of fused-ring (bicyclic) bond motifs is 2. The molecule has 0 spiro atoms. The Morgan fingerprint density at radius 2 is 2.08 bits per heavy atom. The Balaban J connectivity index is 1.42. The number of anilines is 1. The number of benzene rings is 2. The number of imidazole rings is 1. The highest BCUT2D eigenvalue weighted by Crippen LogP contribution is 2.34. The smallest absolute Gasteiger partial charge is 0.234 e. The lowest BCUT2D eigenvalue weighted by atomic mass is 10.3. The molecule has 1 aliphatic rings. The third-order valence-corrected chi connectivity index (χ3v) is 4.76. The van der Waals surface area contributed by atoms with E-state index in [1.807, 2.05) is 35.9 Å². The summed E-state index contributed by atoms with van der Waals surface area (Å²) >= 11 is 1.41. The van der Waals surface area contributed by atoms with Gasteiger partial charge in [0, 0.05) is 18.8 Å². The minimum atomic E-state index is -0.0917. The van der Waals surface area contributed by atoms with E-state index in [0.29, 0.717) is 17.2 Å². The summed E-state index contributed by atoms with van der Waals surface area (Å²) in [6.07, 6.45) is 0. The van der Waals surface area contributed by atoms with Crippen LogP contribution in [-0.4, -0.2) is 28.0 Å². The van der Waals surface area contributed by atoms with Crippen molar-refractivity contribution in [2.24, 2.45) is 7.05 Å². The molecule has 7 heteroatoms. The molecule has 122 valence electrons. The third-order valence-electron chi connectivity index (χ3n) is 3.73. The third kappa shape index (κ3) is 2.78. The Kier molecular flexibility index (Phi) is 3.78. The first-order chi connectivity index (χ1) is 11.7. The van der Waals surface area contributed by atoms with Gasteiger partial charge in [-0.15, -0.1) is 0 Å². The molecular formula is C17H15N3O3S. The molecular weight excluding hydrogens is 326 g/mol. The number of rotatable bonds is 4. The number of nitrogens with zero attached hydrogens (tertiary/aromatic N) is 2. The summed E-state index contributed by atoms with van der Waals surface area (Å²) in [5.41, 5.74) is 2.67. The number of para-hydroxylation sites is 2. The predicted molar refractivity (Wildman–Crippen MR) is 92.6 cm³/mol. The van der Waals surface area contributed by atoms with E-state index in [4.69, 9.17) is 9.47 Å². The van der Waals surface area contributed by atoms with Gasteiger partial charge in [-0.25, -0.2) is 4.98 Å². The van der Waals surface area contributed by atoms with Crippen LogP contribution in [0.2, 0.25) is 0 Å². The van der Waals surface area contributed by atoms with Crippen LogP contribution in [0.5, 0.6) is 11.5 Å². The number of carbonyl (C=O) groups is 1. The van der Waals surface area contributed by atoms with Gasteiger partial charge in [-0.05, 0) is 24.3 Å². The molecule has 0 saturated carbocycles. The average Bonchev–Trinajstić information content (AvgIpc) is 3.17. The minimum absolute atomic E-state index is 0.0917. The van der Waals surface area contributed by atoms with Gasteiger partial charge in [0.1, 0.15) is 0 Å². The second-order valence-corrected chi connectivity index (χ2v) is 6.29. The quantitative estimate of drug-likeness (QED) is 0.739. The Bertz CT molecular complexity index is 923. The number of aromatic nitrogens is 2. The highest BCUT2D eigenvalue weighted by atomic mass is 32.2. The monoisotopic (exact) mass is 341 g/mol. The Morgan fingerprint density at radius 1 is 1.25 bits per heavy atom. The number of ether oxygens (including phenoxy) is 2. The maximum Gasteiger partial charge on any atom is 0.234 e.